The zero-order valence-electron chi connectivity index (χ0n) is 17.5. The van der Waals surface area contributed by atoms with Gasteiger partial charge in [-0.1, -0.05) is 53.2 Å². The fourth-order valence-electron chi connectivity index (χ4n) is 3.89. The number of nitrogens with zero attached hydrogens (tertiary/aromatic N) is 3. The SMILES string of the molecule is CC1=C(c2nc(-c3ccc(F)cc3)no2)C(c2ccccc2)NC(=S)N1c1cccc(Cl)c1. The van der Waals surface area contributed by atoms with Crippen LogP contribution in [0.1, 0.15) is 24.4 Å². The molecule has 164 valence electrons. The molecule has 0 aliphatic carbocycles. The number of hydrogen-bond acceptors (Lipinski definition) is 4. The van der Waals surface area contributed by atoms with E-state index in [1.807, 2.05) is 66.4 Å². The Hall–Kier alpha value is -3.55. The van der Waals surface area contributed by atoms with E-state index in [9.17, 15) is 4.39 Å². The maximum absolute atomic E-state index is 13.4. The molecular formula is C25H18ClFN4OS. The fraction of sp³-hybridized carbons (Fsp3) is 0.0800. The topological polar surface area (TPSA) is 54.2 Å². The van der Waals surface area contributed by atoms with Gasteiger partial charge in [0.05, 0.1) is 11.6 Å². The molecule has 1 aliphatic heterocycles. The van der Waals surface area contributed by atoms with Crippen molar-refractivity contribution >= 4 is 40.2 Å². The first-order valence-corrected chi connectivity index (χ1v) is 11.0. The largest absolute Gasteiger partial charge is 0.351 e. The number of allylic oxidation sites excluding steroid dienone is 1. The number of nitrogens with one attached hydrogen (secondary N) is 1. The molecule has 33 heavy (non-hydrogen) atoms. The number of thiocarbonyl (C=S) groups is 1. The van der Waals surface area contributed by atoms with Crippen LogP contribution in [0.2, 0.25) is 5.02 Å². The summed E-state index contributed by atoms with van der Waals surface area (Å²) in [6.45, 7) is 1.96. The Morgan fingerprint density at radius 1 is 1.03 bits per heavy atom. The average Bonchev–Trinajstić information content (AvgIpc) is 3.29. The lowest BCUT2D eigenvalue weighted by Crippen LogP contribution is -2.46. The second-order valence-electron chi connectivity index (χ2n) is 7.54. The van der Waals surface area contributed by atoms with Crippen LogP contribution in [0, 0.1) is 5.82 Å². The van der Waals surface area contributed by atoms with Gasteiger partial charge in [-0.15, -0.1) is 0 Å². The number of rotatable bonds is 4. The summed E-state index contributed by atoms with van der Waals surface area (Å²) in [5.74, 6) is 0.398. The van der Waals surface area contributed by atoms with Crippen molar-refractivity contribution in [3.63, 3.8) is 0 Å². The van der Waals surface area contributed by atoms with Crippen LogP contribution in [0.5, 0.6) is 0 Å². The molecule has 1 aliphatic rings. The highest BCUT2D eigenvalue weighted by atomic mass is 35.5. The van der Waals surface area contributed by atoms with Crippen LogP contribution in [-0.4, -0.2) is 15.3 Å². The highest BCUT2D eigenvalue weighted by Crippen LogP contribution is 2.39. The summed E-state index contributed by atoms with van der Waals surface area (Å²) in [6, 6.07) is 23.0. The van der Waals surface area contributed by atoms with Crippen molar-refractivity contribution in [2.24, 2.45) is 0 Å². The van der Waals surface area contributed by atoms with E-state index in [1.54, 1.807) is 12.1 Å². The molecule has 5 rings (SSSR count). The smallest absolute Gasteiger partial charge is 0.258 e. The van der Waals surface area contributed by atoms with Gasteiger partial charge >= 0.3 is 0 Å². The van der Waals surface area contributed by atoms with Crippen LogP contribution in [-0.2, 0) is 0 Å². The molecule has 0 saturated carbocycles. The van der Waals surface area contributed by atoms with Crippen molar-refractivity contribution in [1.29, 1.82) is 0 Å². The van der Waals surface area contributed by atoms with Gasteiger partial charge in [-0.25, -0.2) is 4.39 Å². The van der Waals surface area contributed by atoms with Crippen LogP contribution in [0.25, 0.3) is 17.0 Å². The molecule has 0 bridgehead atoms. The number of hydrogen-bond donors (Lipinski definition) is 1. The standard InChI is InChI=1S/C25H18ClFN4OS/c1-15-21(24-29-23(30-32-24)17-10-12-19(27)13-11-17)22(16-6-3-2-4-7-16)28-25(33)31(15)20-9-5-8-18(26)14-20/h2-14,22H,1H3,(H,28,33). The van der Waals surface area contributed by atoms with Crippen molar-refractivity contribution in [1.82, 2.24) is 15.5 Å². The molecule has 0 spiro atoms. The predicted molar refractivity (Wildman–Crippen MR) is 131 cm³/mol. The maximum Gasteiger partial charge on any atom is 0.258 e. The van der Waals surface area contributed by atoms with Crippen molar-refractivity contribution in [3.8, 4) is 11.4 Å². The zero-order valence-corrected chi connectivity index (χ0v) is 19.1. The highest BCUT2D eigenvalue weighted by Gasteiger charge is 2.34. The summed E-state index contributed by atoms with van der Waals surface area (Å²) in [6.07, 6.45) is 0. The fourth-order valence-corrected chi connectivity index (χ4v) is 4.44. The van der Waals surface area contributed by atoms with E-state index in [-0.39, 0.29) is 11.9 Å². The number of halogens is 2. The van der Waals surface area contributed by atoms with Gasteiger partial charge < -0.3 is 9.84 Å². The molecular weight excluding hydrogens is 459 g/mol. The molecule has 5 nitrogen and oxygen atoms in total. The lowest BCUT2D eigenvalue weighted by Gasteiger charge is -2.37. The summed E-state index contributed by atoms with van der Waals surface area (Å²) < 4.78 is 19.1. The van der Waals surface area contributed by atoms with Crippen LogP contribution >= 0.6 is 23.8 Å². The van der Waals surface area contributed by atoms with Crippen LogP contribution in [0.15, 0.2) is 89.1 Å². The Kier molecular flexibility index (Phi) is 5.66. The summed E-state index contributed by atoms with van der Waals surface area (Å²) >= 11 is 12.0. The second kappa shape index (κ2) is 8.77. The van der Waals surface area contributed by atoms with E-state index in [2.05, 4.69) is 15.5 Å². The average molecular weight is 477 g/mol. The third-order valence-electron chi connectivity index (χ3n) is 5.44. The monoisotopic (exact) mass is 476 g/mol. The molecule has 1 unspecified atom stereocenters. The minimum absolute atomic E-state index is 0.296. The van der Waals surface area contributed by atoms with Crippen LogP contribution < -0.4 is 10.2 Å². The third-order valence-corrected chi connectivity index (χ3v) is 5.98. The molecule has 0 fully saturated rings. The molecule has 1 atom stereocenters. The van der Waals surface area contributed by atoms with Gasteiger partial charge in [0, 0.05) is 22.0 Å². The molecule has 0 saturated heterocycles. The van der Waals surface area contributed by atoms with Gasteiger partial charge in [0.15, 0.2) is 5.11 Å². The van der Waals surface area contributed by atoms with Gasteiger partial charge in [0.25, 0.3) is 5.89 Å². The van der Waals surface area contributed by atoms with Crippen molar-refractivity contribution < 1.29 is 8.91 Å². The molecule has 0 amide bonds. The quantitative estimate of drug-likeness (QED) is 0.344. The van der Waals surface area contributed by atoms with Gasteiger partial charge in [-0.2, -0.15) is 4.98 Å². The van der Waals surface area contributed by atoms with E-state index in [4.69, 9.17) is 28.3 Å². The Morgan fingerprint density at radius 2 is 1.79 bits per heavy atom. The molecule has 0 radical (unpaired) electrons. The first kappa shape index (κ1) is 21.3. The van der Waals surface area contributed by atoms with E-state index < -0.39 is 0 Å². The van der Waals surface area contributed by atoms with Gasteiger partial charge in [0.2, 0.25) is 5.82 Å². The third kappa shape index (κ3) is 4.13. The van der Waals surface area contributed by atoms with E-state index in [0.29, 0.717) is 27.4 Å². The number of aromatic nitrogens is 2. The van der Waals surface area contributed by atoms with Gasteiger partial charge in [-0.05, 0) is 67.2 Å². The Bertz CT molecular complexity index is 1350. The van der Waals surface area contributed by atoms with Crippen LogP contribution in [0.4, 0.5) is 10.1 Å². The minimum Gasteiger partial charge on any atom is -0.351 e. The summed E-state index contributed by atoms with van der Waals surface area (Å²) in [4.78, 5) is 6.54. The molecule has 1 N–H and O–H groups in total. The van der Waals surface area contributed by atoms with Crippen molar-refractivity contribution in [3.05, 3.63) is 107 Å². The normalized spacial score (nSPS) is 16.2. The van der Waals surface area contributed by atoms with Gasteiger partial charge in [0.1, 0.15) is 5.82 Å². The maximum atomic E-state index is 13.4. The lowest BCUT2D eigenvalue weighted by molar-refractivity contribution is 0.404. The summed E-state index contributed by atoms with van der Waals surface area (Å²) in [7, 11) is 0. The van der Waals surface area contributed by atoms with E-state index in [1.165, 1.54) is 12.1 Å². The highest BCUT2D eigenvalue weighted by molar-refractivity contribution is 7.80. The van der Waals surface area contributed by atoms with Crippen LogP contribution in [0.3, 0.4) is 0 Å². The molecule has 3 aromatic carbocycles. The van der Waals surface area contributed by atoms with E-state index in [0.717, 1.165) is 22.5 Å². The second-order valence-corrected chi connectivity index (χ2v) is 8.36. The molecule has 4 aromatic rings. The summed E-state index contributed by atoms with van der Waals surface area (Å²) in [5, 5.41) is 8.69. The van der Waals surface area contributed by atoms with E-state index >= 15 is 0 Å². The molecule has 8 heteroatoms. The van der Waals surface area contributed by atoms with Crippen molar-refractivity contribution in [2.75, 3.05) is 4.90 Å². The first-order valence-electron chi connectivity index (χ1n) is 10.2. The first-order chi connectivity index (χ1) is 16.0. The number of anilines is 1. The van der Waals surface area contributed by atoms with Crippen molar-refractivity contribution in [2.45, 2.75) is 13.0 Å². The minimum atomic E-state index is -0.327. The Morgan fingerprint density at radius 3 is 2.52 bits per heavy atom. The predicted octanol–water partition coefficient (Wildman–Crippen LogP) is 6.40. The zero-order chi connectivity index (χ0) is 22.9. The molecule has 2 heterocycles. The Labute approximate surface area is 200 Å². The molecule has 1 aromatic heterocycles. The summed E-state index contributed by atoms with van der Waals surface area (Å²) in [5.41, 5.74) is 4.10. The lowest BCUT2D eigenvalue weighted by atomic mass is 9.94. The van der Waals surface area contributed by atoms with Gasteiger partial charge in [-0.3, -0.25) is 4.90 Å². The number of benzene rings is 3. The Balaban J connectivity index is 1.65.